The van der Waals surface area contributed by atoms with Gasteiger partial charge in [-0.1, -0.05) is 6.08 Å². The van der Waals surface area contributed by atoms with E-state index >= 15 is 0 Å². The molecule has 4 N–H and O–H groups in total. The number of carbonyl (C=O) groups is 1. The molecule has 2 fully saturated rings. The third kappa shape index (κ3) is 3.63. The molecule has 8 heteroatoms. The summed E-state index contributed by atoms with van der Waals surface area (Å²) < 4.78 is 16.1. The van der Waals surface area contributed by atoms with E-state index in [0.29, 0.717) is 0 Å². The van der Waals surface area contributed by atoms with Crippen LogP contribution in [-0.2, 0) is 19.0 Å². The number of hydrogen-bond acceptors (Lipinski definition) is 8. The number of Topliss-reactive ketones (excluding diaryl/α,β-unsaturated/α-hetero) is 1. The highest BCUT2D eigenvalue weighted by Gasteiger charge is 2.44. The van der Waals surface area contributed by atoms with Crippen molar-refractivity contribution in [2.75, 3.05) is 13.2 Å². The van der Waals surface area contributed by atoms with Gasteiger partial charge in [0.15, 0.2) is 5.78 Å². The first-order valence-corrected chi connectivity index (χ1v) is 7.39. The van der Waals surface area contributed by atoms with Gasteiger partial charge in [-0.15, -0.1) is 0 Å². The van der Waals surface area contributed by atoms with Crippen molar-refractivity contribution in [3.63, 3.8) is 0 Å². The van der Waals surface area contributed by atoms with Crippen molar-refractivity contribution >= 4 is 5.78 Å². The van der Waals surface area contributed by atoms with E-state index in [4.69, 9.17) is 14.2 Å². The summed E-state index contributed by atoms with van der Waals surface area (Å²) in [4.78, 5) is 12.0. The van der Waals surface area contributed by atoms with Crippen LogP contribution >= 0.6 is 0 Å². The quantitative estimate of drug-likeness (QED) is 0.367. The molecule has 2 heterocycles. The van der Waals surface area contributed by atoms with Crippen LogP contribution < -0.4 is 0 Å². The lowest BCUT2D eigenvalue weighted by molar-refractivity contribution is -0.282. The molecular weight excluding hydrogens is 308 g/mol. The van der Waals surface area contributed by atoms with E-state index in [9.17, 15) is 25.2 Å². The zero-order valence-electron chi connectivity index (χ0n) is 13.0. The Hall–Kier alpha value is -1.29. The SMILES string of the molecule is CC=CC(OC1OC(C)C(O)C(O)C1O)=C1C(=O)COC1CO. The molecule has 2 aliphatic heterocycles. The molecule has 130 valence electrons. The third-order valence-electron chi connectivity index (χ3n) is 3.84. The van der Waals surface area contributed by atoms with Gasteiger partial charge in [0.25, 0.3) is 0 Å². The van der Waals surface area contributed by atoms with E-state index in [2.05, 4.69) is 0 Å². The van der Waals surface area contributed by atoms with E-state index in [0.717, 1.165) is 0 Å². The molecule has 0 spiro atoms. The Labute approximate surface area is 133 Å². The molecule has 2 saturated heterocycles. The lowest BCUT2D eigenvalue weighted by Crippen LogP contribution is -2.57. The fourth-order valence-electron chi connectivity index (χ4n) is 2.54. The Bertz CT molecular complexity index is 500. The molecule has 2 rings (SSSR count). The van der Waals surface area contributed by atoms with Gasteiger partial charge < -0.3 is 34.6 Å². The van der Waals surface area contributed by atoms with Crippen LogP contribution in [0.1, 0.15) is 13.8 Å². The molecule has 0 amide bonds. The Balaban J connectivity index is 2.28. The summed E-state index contributed by atoms with van der Waals surface area (Å²) in [5, 5.41) is 38.8. The van der Waals surface area contributed by atoms with Crippen molar-refractivity contribution in [3.8, 4) is 0 Å². The fourth-order valence-corrected chi connectivity index (χ4v) is 2.54. The third-order valence-corrected chi connectivity index (χ3v) is 3.84. The van der Waals surface area contributed by atoms with Gasteiger partial charge in [-0.3, -0.25) is 4.79 Å². The van der Waals surface area contributed by atoms with Crippen molar-refractivity contribution in [1.29, 1.82) is 0 Å². The van der Waals surface area contributed by atoms with Crippen LogP contribution in [-0.4, -0.2) is 76.2 Å². The summed E-state index contributed by atoms with van der Waals surface area (Å²) >= 11 is 0. The topological polar surface area (TPSA) is 126 Å². The van der Waals surface area contributed by atoms with Crippen LogP contribution in [0, 0.1) is 0 Å². The van der Waals surface area contributed by atoms with Gasteiger partial charge in [0.1, 0.15) is 36.8 Å². The molecule has 6 atom stereocenters. The normalized spacial score (nSPS) is 40.7. The second-order valence-corrected chi connectivity index (χ2v) is 5.48. The highest BCUT2D eigenvalue weighted by atomic mass is 16.7. The summed E-state index contributed by atoms with van der Waals surface area (Å²) in [6.45, 7) is 2.67. The summed E-state index contributed by atoms with van der Waals surface area (Å²) in [5.41, 5.74) is 0.148. The predicted molar refractivity (Wildman–Crippen MR) is 77.1 cm³/mol. The summed E-state index contributed by atoms with van der Waals surface area (Å²) in [6, 6.07) is 0. The maximum absolute atomic E-state index is 12.0. The average molecular weight is 330 g/mol. The number of hydrogen-bond donors (Lipinski definition) is 4. The van der Waals surface area contributed by atoms with Crippen LogP contribution in [0.5, 0.6) is 0 Å². The van der Waals surface area contributed by atoms with E-state index in [-0.39, 0.29) is 23.7 Å². The van der Waals surface area contributed by atoms with Crippen LogP contribution in [0.4, 0.5) is 0 Å². The monoisotopic (exact) mass is 330 g/mol. The molecule has 6 unspecified atom stereocenters. The summed E-state index contributed by atoms with van der Waals surface area (Å²) in [6.07, 6.45) is -3.92. The molecular formula is C15H22O8. The first kappa shape index (κ1) is 18.1. The van der Waals surface area contributed by atoms with Gasteiger partial charge in [0.05, 0.1) is 18.3 Å². The standard InChI is InChI=1S/C15H22O8/c1-3-4-9(11-8(17)6-21-10(11)5-16)23-15-14(20)13(19)12(18)7(2)22-15/h3-4,7,10,12-16,18-20H,5-6H2,1-2H3. The second-order valence-electron chi connectivity index (χ2n) is 5.48. The minimum atomic E-state index is -1.49. The molecule has 2 aliphatic rings. The Kier molecular flexibility index (Phi) is 5.90. The summed E-state index contributed by atoms with van der Waals surface area (Å²) in [7, 11) is 0. The van der Waals surface area contributed by atoms with Crippen molar-refractivity contribution < 1.29 is 39.4 Å². The van der Waals surface area contributed by atoms with Gasteiger partial charge in [0, 0.05) is 0 Å². The Morgan fingerprint density at radius 1 is 1.30 bits per heavy atom. The van der Waals surface area contributed by atoms with E-state index < -0.39 is 43.4 Å². The number of ketones is 1. The average Bonchev–Trinajstić information content (AvgIpc) is 2.90. The van der Waals surface area contributed by atoms with Crippen LogP contribution in [0.15, 0.2) is 23.5 Å². The lowest BCUT2D eigenvalue weighted by atomic mass is 10.00. The number of ether oxygens (including phenoxy) is 3. The number of rotatable bonds is 4. The molecule has 0 saturated carbocycles. The molecule has 0 aromatic rings. The van der Waals surface area contributed by atoms with Gasteiger partial charge in [-0.05, 0) is 19.9 Å². The van der Waals surface area contributed by atoms with Gasteiger partial charge in [-0.25, -0.2) is 0 Å². The van der Waals surface area contributed by atoms with E-state index in [1.807, 2.05) is 0 Å². The van der Waals surface area contributed by atoms with Crippen LogP contribution in [0.25, 0.3) is 0 Å². The molecule has 8 nitrogen and oxygen atoms in total. The number of carbonyl (C=O) groups excluding carboxylic acids is 1. The lowest BCUT2D eigenvalue weighted by Gasteiger charge is -2.39. The zero-order chi connectivity index (χ0) is 17.1. The van der Waals surface area contributed by atoms with E-state index in [1.165, 1.54) is 13.0 Å². The first-order chi connectivity index (χ1) is 10.9. The molecule has 0 radical (unpaired) electrons. The molecule has 0 aliphatic carbocycles. The predicted octanol–water partition coefficient (Wildman–Crippen LogP) is -1.38. The van der Waals surface area contributed by atoms with Gasteiger partial charge >= 0.3 is 0 Å². The van der Waals surface area contributed by atoms with Crippen molar-refractivity contribution in [1.82, 2.24) is 0 Å². The minimum absolute atomic E-state index is 0.0916. The molecule has 0 bridgehead atoms. The number of aliphatic hydroxyl groups excluding tert-OH is 4. The first-order valence-electron chi connectivity index (χ1n) is 7.39. The van der Waals surface area contributed by atoms with Crippen molar-refractivity contribution in [2.45, 2.75) is 50.7 Å². The minimum Gasteiger partial charge on any atom is -0.461 e. The fraction of sp³-hybridized carbons (Fsp3) is 0.667. The second kappa shape index (κ2) is 7.52. The molecule has 23 heavy (non-hydrogen) atoms. The van der Waals surface area contributed by atoms with Gasteiger partial charge in [-0.2, -0.15) is 0 Å². The highest BCUT2D eigenvalue weighted by molar-refractivity contribution is 6.00. The van der Waals surface area contributed by atoms with Crippen molar-refractivity contribution in [2.24, 2.45) is 0 Å². The number of aliphatic hydroxyl groups is 4. The Morgan fingerprint density at radius 3 is 2.61 bits per heavy atom. The zero-order valence-corrected chi connectivity index (χ0v) is 13.0. The molecule has 0 aromatic carbocycles. The Morgan fingerprint density at radius 2 is 2.00 bits per heavy atom. The highest BCUT2D eigenvalue weighted by Crippen LogP contribution is 2.28. The number of allylic oxidation sites excluding steroid dienone is 2. The molecule has 0 aromatic heterocycles. The maximum Gasteiger partial charge on any atom is 0.229 e. The van der Waals surface area contributed by atoms with Gasteiger partial charge in [0.2, 0.25) is 6.29 Å². The summed E-state index contributed by atoms with van der Waals surface area (Å²) in [5.74, 6) is -0.245. The van der Waals surface area contributed by atoms with E-state index in [1.54, 1.807) is 13.0 Å². The van der Waals surface area contributed by atoms with Crippen LogP contribution in [0.2, 0.25) is 0 Å². The van der Waals surface area contributed by atoms with Crippen LogP contribution in [0.3, 0.4) is 0 Å². The smallest absolute Gasteiger partial charge is 0.229 e. The largest absolute Gasteiger partial charge is 0.461 e. The maximum atomic E-state index is 12.0. The van der Waals surface area contributed by atoms with Crippen molar-refractivity contribution in [3.05, 3.63) is 23.5 Å².